The highest BCUT2D eigenvalue weighted by atomic mass is 15.2. The van der Waals surface area contributed by atoms with Gasteiger partial charge in [-0.1, -0.05) is 327 Å². The van der Waals surface area contributed by atoms with Crippen molar-refractivity contribution in [2.75, 3.05) is 9.80 Å². The van der Waals surface area contributed by atoms with Crippen molar-refractivity contribution in [3.05, 3.63) is 424 Å². The molecule has 0 fully saturated rings. The normalized spacial score (nSPS) is 14.3. The van der Waals surface area contributed by atoms with E-state index >= 15 is 0 Å². The van der Waals surface area contributed by atoms with Crippen molar-refractivity contribution >= 4 is 183 Å². The summed E-state index contributed by atoms with van der Waals surface area (Å²) < 4.78 is 153. The average Bonchev–Trinajstić information content (AvgIpc) is 1.43. The van der Waals surface area contributed by atoms with Crippen LogP contribution in [0.2, 0.25) is 0 Å². The van der Waals surface area contributed by atoms with Crippen LogP contribution in [0.15, 0.2) is 424 Å². The van der Waals surface area contributed by atoms with Crippen molar-refractivity contribution in [1.82, 2.24) is 22.7 Å². The van der Waals surface area contributed by atoms with E-state index in [4.69, 9.17) is 0 Å². The highest BCUT2D eigenvalue weighted by Gasteiger charge is 2.49. The van der Waals surface area contributed by atoms with Gasteiger partial charge < -0.3 is 32.5 Å². The predicted octanol–water partition coefficient (Wildman–Crippen LogP) is 28.0. The molecule has 25 aromatic rings. The van der Waals surface area contributed by atoms with E-state index in [0.29, 0.717) is 44.8 Å². The van der Waals surface area contributed by atoms with Gasteiger partial charge in [0.15, 0.2) is 0 Å². The van der Waals surface area contributed by atoms with E-state index in [0.717, 1.165) is 143 Å². The Morgan fingerprint density at radius 2 is 0.533 bits per heavy atom. The minimum Gasteiger partial charge on any atom is -0.309 e. The molecule has 8 heteroatoms. The first-order chi connectivity index (χ1) is 66.5. The summed E-state index contributed by atoms with van der Waals surface area (Å²) in [5.74, 6) is 0. The lowest BCUT2D eigenvalue weighted by Crippen LogP contribution is -2.61. The maximum absolute atomic E-state index is 11.1. The Morgan fingerprint density at radius 3 is 0.902 bits per heavy atom. The van der Waals surface area contributed by atoms with Gasteiger partial charge in [0.2, 0.25) is 0 Å². The Kier molecular flexibility index (Phi) is 11.5. The number of anilines is 6. The average molecular weight is 1560 g/mol. The fourth-order valence-electron chi connectivity index (χ4n) is 20.8. The first-order valence-corrected chi connectivity index (χ1v) is 41.1. The van der Waals surface area contributed by atoms with E-state index in [1.54, 1.807) is 9.13 Å². The number of fused-ring (bicyclic) bond motifs is 24. The summed E-state index contributed by atoms with van der Waals surface area (Å²) in [6, 6.07) is 110. The van der Waals surface area contributed by atoms with Crippen molar-refractivity contribution in [3.63, 3.8) is 0 Å². The molecule has 0 aliphatic carbocycles. The van der Waals surface area contributed by atoms with Crippen LogP contribution in [0.1, 0.15) is 19.2 Å². The summed E-state index contributed by atoms with van der Waals surface area (Å²) in [4.78, 5) is 4.88. The molecule has 564 valence electrons. The molecular formula is C114H70BN7. The highest BCUT2D eigenvalue weighted by molar-refractivity contribution is 7.01. The number of hydrogen-bond donors (Lipinski definition) is 0. The lowest BCUT2D eigenvalue weighted by Gasteiger charge is -2.46. The Morgan fingerprint density at radius 1 is 0.221 bits per heavy atom. The Bertz CT molecular complexity index is 8880. The SMILES string of the molecule is [2H]c1c([2H])c([2H])c2c(c1[2H])c1c([2H])c([2H])c(-n3c4ccccc4c4ccccc43)c([2H])c1n2-c1ccc2c(c1)N(c1c(-c3ccccc3)cccc1-c1ccccc1)c1c3c(c4c5ccccc5n5c6ccccc6c1c45)N(c1c(-c4ccccc4)cccc1-c1ccccc1)c1cc(-n4c5c([2H])c([2H])c([2H])c([2H])c5c5c([2H])c([2H])c(-n6c7ccccc7c7ccccc76)c([2H])c54)ccc1B23. The molecule has 19 aromatic carbocycles. The minimum atomic E-state index is -0.834. The first kappa shape index (κ1) is 54.7. The largest absolute Gasteiger partial charge is 0.309 e. The number of benzene rings is 19. The third kappa shape index (κ3) is 9.29. The second-order valence-corrected chi connectivity index (χ2v) is 31.8. The summed E-state index contributed by atoms with van der Waals surface area (Å²) in [7, 11) is 0. The van der Waals surface area contributed by atoms with Crippen LogP contribution in [-0.2, 0) is 0 Å². The lowest BCUT2D eigenvalue weighted by molar-refractivity contribution is 1.15. The first-order valence-electron chi connectivity index (χ1n) is 48.1. The fourth-order valence-corrected chi connectivity index (χ4v) is 20.8. The smallest absolute Gasteiger partial charge is 0.252 e. The summed E-state index contributed by atoms with van der Waals surface area (Å²) in [5, 5.41) is 7.09. The van der Waals surface area contributed by atoms with E-state index in [-0.39, 0.29) is 91.2 Å². The molecular weight excluding hydrogens is 1480 g/mol. The van der Waals surface area contributed by atoms with Gasteiger partial charge in [0, 0.05) is 121 Å². The molecule has 0 N–H and O–H groups in total. The molecule has 122 heavy (non-hydrogen) atoms. The number of rotatable bonds is 10. The van der Waals surface area contributed by atoms with Gasteiger partial charge >= 0.3 is 0 Å². The number of aromatic nitrogens is 5. The van der Waals surface area contributed by atoms with Crippen LogP contribution in [-0.4, -0.2) is 29.4 Å². The predicted molar refractivity (Wildman–Crippen MR) is 514 cm³/mol. The van der Waals surface area contributed by atoms with E-state index in [2.05, 4.69) is 172 Å². The third-order valence-corrected chi connectivity index (χ3v) is 25.6. The molecule has 0 saturated carbocycles. The Labute approximate surface area is 721 Å². The Hall–Kier alpha value is -16.2. The van der Waals surface area contributed by atoms with E-state index < -0.39 is 55.1 Å². The van der Waals surface area contributed by atoms with Crippen molar-refractivity contribution in [1.29, 1.82) is 0 Å². The van der Waals surface area contributed by atoms with Crippen LogP contribution < -0.4 is 26.2 Å². The molecule has 0 radical (unpaired) electrons. The van der Waals surface area contributed by atoms with Gasteiger partial charge in [-0.2, -0.15) is 0 Å². The van der Waals surface area contributed by atoms with Crippen molar-refractivity contribution in [2.45, 2.75) is 0 Å². The second-order valence-electron chi connectivity index (χ2n) is 31.8. The summed E-state index contributed by atoms with van der Waals surface area (Å²) in [6.45, 7) is -0.834. The van der Waals surface area contributed by atoms with Gasteiger partial charge in [-0.25, -0.2) is 0 Å². The van der Waals surface area contributed by atoms with Gasteiger partial charge in [-0.3, -0.25) is 0 Å². The monoisotopic (exact) mass is 1560 g/mol. The van der Waals surface area contributed by atoms with Crippen LogP contribution in [0.25, 0.3) is 193 Å². The van der Waals surface area contributed by atoms with Gasteiger partial charge in [-0.15, -0.1) is 0 Å². The van der Waals surface area contributed by atoms with Crippen molar-refractivity contribution < 1.29 is 19.2 Å². The van der Waals surface area contributed by atoms with Gasteiger partial charge in [0.05, 0.1) is 103 Å². The van der Waals surface area contributed by atoms with Gasteiger partial charge in [0.25, 0.3) is 6.71 Å². The fraction of sp³-hybridized carbons (Fsp3) is 0. The lowest BCUT2D eigenvalue weighted by atomic mass is 9.33. The van der Waals surface area contributed by atoms with Crippen LogP contribution in [0.4, 0.5) is 34.1 Å². The van der Waals surface area contributed by atoms with E-state index in [1.165, 1.54) is 0 Å². The molecule has 0 unspecified atom stereocenters. The molecule has 0 atom stereocenters. The van der Waals surface area contributed by atoms with Crippen LogP contribution in [0.3, 0.4) is 0 Å². The molecule has 7 nitrogen and oxygen atoms in total. The molecule has 6 aromatic heterocycles. The van der Waals surface area contributed by atoms with Crippen molar-refractivity contribution in [2.24, 2.45) is 0 Å². The zero-order valence-electron chi connectivity index (χ0n) is 79.0. The maximum atomic E-state index is 11.1. The number of hydrogen-bond acceptors (Lipinski definition) is 2. The number of nitrogens with zero attached hydrogens (tertiary/aromatic N) is 7. The molecule has 0 saturated heterocycles. The maximum Gasteiger partial charge on any atom is 0.252 e. The zero-order valence-corrected chi connectivity index (χ0v) is 65.0. The molecule has 27 rings (SSSR count). The molecule has 8 heterocycles. The summed E-state index contributed by atoms with van der Waals surface area (Å²) in [6.07, 6.45) is 0. The molecule has 0 spiro atoms. The van der Waals surface area contributed by atoms with Crippen LogP contribution >= 0.6 is 0 Å². The Balaban J connectivity index is 0.861. The molecule has 2 aliphatic rings. The topological polar surface area (TPSA) is 30.6 Å². The van der Waals surface area contributed by atoms with E-state index in [9.17, 15) is 19.2 Å². The quantitative estimate of drug-likeness (QED) is 0.128. The highest BCUT2D eigenvalue weighted by Crippen LogP contribution is 2.59. The molecule has 0 amide bonds. The summed E-state index contributed by atoms with van der Waals surface area (Å²) in [5.41, 5.74) is 20.4. The molecule has 2 aliphatic heterocycles. The van der Waals surface area contributed by atoms with Crippen LogP contribution in [0.5, 0.6) is 0 Å². The van der Waals surface area contributed by atoms with Gasteiger partial charge in [0.1, 0.15) is 0 Å². The second kappa shape index (κ2) is 25.7. The summed E-state index contributed by atoms with van der Waals surface area (Å²) >= 11 is 0. The third-order valence-electron chi connectivity index (χ3n) is 25.6. The van der Waals surface area contributed by atoms with Crippen molar-refractivity contribution in [3.8, 4) is 67.3 Å². The van der Waals surface area contributed by atoms with Gasteiger partial charge in [-0.05, 0) is 136 Å². The zero-order chi connectivity index (χ0) is 91.7. The minimum absolute atomic E-state index is 0.00194. The number of para-hydroxylation sites is 10. The van der Waals surface area contributed by atoms with Crippen LogP contribution in [0, 0.1) is 0 Å². The standard InChI is InChI=1S/C114H70BN7/c1-5-31-71(32-6-1)79-47-29-48-80(72-33-7-2-8-34-72)110(79)121-105-69-77(118-99-55-25-17-43-87(99)89-63-59-75(67-103(89)118)116-95-51-21-13-39-83(95)84-40-14-22-52-96(84)116)61-65-93(105)115-94-66-62-78(119-100-56-26-18-44-88(100)90-64-60-76(68-104(90)119)117-97-53-23-15-41-85(97)86-42-16-24-54-98(86)117)70-106(94)122(111-81(73-35-9-3-10-36-73)49-30-50-82(111)74-37-11-4-12-38-74)114-108-92-46-20-28-58-102(92)120-101-57-27-19-45-91(101)107(112(108)120)113(121)109(114)115/h1-70H/i17D,18D,25D,26D,43D,44D,55D,56D,59D,60D,63D,64D,67D,68D. The van der Waals surface area contributed by atoms with E-state index in [1.807, 2.05) is 191 Å². The molecule has 0 bridgehead atoms.